The molecule has 3 N–H and O–H groups in total. The van der Waals surface area contributed by atoms with E-state index in [1.165, 1.54) is 11.2 Å². The van der Waals surface area contributed by atoms with Crippen molar-refractivity contribution in [3.8, 4) is 0 Å². The molecule has 0 spiro atoms. The van der Waals surface area contributed by atoms with E-state index >= 15 is 0 Å². The van der Waals surface area contributed by atoms with Crippen LogP contribution in [-0.4, -0.2) is 20.6 Å². The molecule has 0 aromatic rings. The minimum atomic E-state index is -1.27. The van der Waals surface area contributed by atoms with E-state index in [4.69, 9.17) is 5.73 Å². The van der Waals surface area contributed by atoms with Gasteiger partial charge in [-0.2, -0.15) is 0 Å². The van der Waals surface area contributed by atoms with Crippen LogP contribution in [0.5, 0.6) is 0 Å². The second-order valence-electron chi connectivity index (χ2n) is 4.02. The van der Waals surface area contributed by atoms with Crippen molar-refractivity contribution in [1.82, 2.24) is 5.32 Å². The predicted molar refractivity (Wildman–Crippen MR) is 61.5 cm³/mol. The van der Waals surface area contributed by atoms with Crippen LogP contribution in [0.15, 0.2) is 23.0 Å². The third-order valence-corrected chi connectivity index (χ3v) is 7.17. The Morgan fingerprint density at radius 1 is 1.64 bits per heavy atom. The molecular weight excluding hydrogens is 192 g/mol. The highest BCUT2D eigenvalue weighted by Crippen LogP contribution is 2.26. The fourth-order valence-electron chi connectivity index (χ4n) is 1.67. The molecule has 0 saturated heterocycles. The number of nitrogens with one attached hydrogen (secondary N) is 1. The lowest BCUT2D eigenvalue weighted by Crippen LogP contribution is -2.33. The Bertz CT molecular complexity index is 286. The molecule has 1 aliphatic heterocycles. The van der Waals surface area contributed by atoms with Gasteiger partial charge in [0.05, 0.1) is 0 Å². The van der Waals surface area contributed by atoms with Crippen molar-refractivity contribution in [2.45, 2.75) is 25.9 Å². The molecule has 78 valence electrons. The number of hydrogen-bond donors (Lipinski definition) is 2. The summed E-state index contributed by atoms with van der Waals surface area (Å²) in [5.41, 5.74) is 7.34. The zero-order valence-electron chi connectivity index (χ0n) is 8.84. The normalized spacial score (nSPS) is 24.9. The highest BCUT2D eigenvalue weighted by atomic mass is 28.3. The van der Waals surface area contributed by atoms with E-state index in [1.54, 1.807) is 0 Å². The van der Waals surface area contributed by atoms with Gasteiger partial charge in [0.1, 0.15) is 8.07 Å². The van der Waals surface area contributed by atoms with E-state index in [2.05, 4.69) is 36.6 Å². The second kappa shape index (κ2) is 4.46. The van der Waals surface area contributed by atoms with Crippen LogP contribution in [0.3, 0.4) is 0 Å². The average Bonchev–Trinajstić information content (AvgIpc) is 2.42. The molecule has 0 saturated carbocycles. The summed E-state index contributed by atoms with van der Waals surface area (Å²) in [5, 5.41) is 4.14. The Morgan fingerprint density at radius 3 is 2.86 bits per heavy atom. The van der Waals surface area contributed by atoms with Crippen LogP contribution in [0.2, 0.25) is 12.6 Å². The van der Waals surface area contributed by atoms with Gasteiger partial charge in [0, 0.05) is 6.54 Å². The number of hydrogen-bond acceptors (Lipinski definition) is 1. The van der Waals surface area contributed by atoms with E-state index in [1.807, 2.05) is 0 Å². The summed E-state index contributed by atoms with van der Waals surface area (Å²) in [6.45, 7) is 5.25. The molecule has 3 nitrogen and oxygen atoms in total. The predicted octanol–water partition coefficient (Wildman–Crippen LogP) is 1.72. The molecule has 0 aliphatic carbocycles. The molecule has 1 heterocycles. The lowest BCUT2D eigenvalue weighted by Gasteiger charge is -2.21. The first-order chi connectivity index (χ1) is 6.54. The van der Waals surface area contributed by atoms with E-state index in [0.29, 0.717) is 6.54 Å². The summed E-state index contributed by atoms with van der Waals surface area (Å²) in [5.74, 6) is 0. The summed E-state index contributed by atoms with van der Waals surface area (Å²) < 4.78 is 0. The van der Waals surface area contributed by atoms with Gasteiger partial charge >= 0.3 is 6.03 Å². The van der Waals surface area contributed by atoms with Gasteiger partial charge in [-0.15, -0.1) is 0 Å². The fraction of sp³-hybridized carbons (Fsp3) is 0.500. The minimum Gasteiger partial charge on any atom is -0.352 e. The number of primary amides is 1. The maximum Gasteiger partial charge on any atom is 0.312 e. The van der Waals surface area contributed by atoms with Gasteiger partial charge in [0.25, 0.3) is 0 Å². The molecule has 14 heavy (non-hydrogen) atoms. The summed E-state index contributed by atoms with van der Waals surface area (Å²) in [6.07, 6.45) is 5.37. The largest absolute Gasteiger partial charge is 0.352 e. The van der Waals surface area contributed by atoms with Crippen molar-refractivity contribution < 1.29 is 4.79 Å². The highest BCUT2D eigenvalue weighted by Gasteiger charge is 2.27. The number of urea groups is 1. The second-order valence-corrected chi connectivity index (χ2v) is 8.48. The van der Waals surface area contributed by atoms with Crippen molar-refractivity contribution in [3.63, 3.8) is 0 Å². The third kappa shape index (κ3) is 2.73. The molecule has 1 atom stereocenters. The zero-order valence-corrected chi connectivity index (χ0v) is 9.84. The lowest BCUT2D eigenvalue weighted by atomic mass is 10.5. The molecule has 0 radical (unpaired) electrons. The molecule has 1 aliphatic rings. The maximum atomic E-state index is 10.4. The van der Waals surface area contributed by atoms with Crippen LogP contribution in [-0.2, 0) is 0 Å². The molecule has 0 bridgehead atoms. The molecule has 2 amide bonds. The standard InChI is InChI=1S/C10H18N2OSi/c1-9-5-3-7-14(9,2)8-4-6-12-10(11)13/h3,5,7H,4,6,8H2,1-2H3,(H3,11,12,13). The number of carbonyl (C=O) groups is 1. The SMILES string of the molecule is CC1=CC=C[Si]1(C)CCCNC(N)=O. The quantitative estimate of drug-likeness (QED) is 0.539. The number of rotatable bonds is 4. The number of nitrogens with two attached hydrogens (primary N) is 1. The van der Waals surface area contributed by atoms with Gasteiger partial charge < -0.3 is 11.1 Å². The van der Waals surface area contributed by atoms with E-state index in [0.717, 1.165) is 6.42 Å². The maximum absolute atomic E-state index is 10.4. The van der Waals surface area contributed by atoms with Gasteiger partial charge in [0.15, 0.2) is 0 Å². The number of amides is 2. The molecular formula is C10H18N2OSi. The highest BCUT2D eigenvalue weighted by molar-refractivity contribution is 6.90. The van der Waals surface area contributed by atoms with Gasteiger partial charge in [-0.1, -0.05) is 29.6 Å². The average molecular weight is 210 g/mol. The summed E-state index contributed by atoms with van der Waals surface area (Å²) in [7, 11) is -1.27. The first-order valence-corrected chi connectivity index (χ1v) is 7.73. The molecule has 0 fully saturated rings. The van der Waals surface area contributed by atoms with Crippen molar-refractivity contribution >= 4 is 14.1 Å². The Kier molecular flexibility index (Phi) is 3.52. The van der Waals surface area contributed by atoms with Crippen LogP contribution >= 0.6 is 0 Å². The molecule has 1 rings (SSSR count). The van der Waals surface area contributed by atoms with Gasteiger partial charge in [-0.25, -0.2) is 4.79 Å². The van der Waals surface area contributed by atoms with Crippen molar-refractivity contribution in [3.05, 3.63) is 23.0 Å². The summed E-state index contributed by atoms with van der Waals surface area (Å²) in [6, 6.07) is 0.762. The smallest absolute Gasteiger partial charge is 0.312 e. The number of carbonyl (C=O) groups excluding carboxylic acids is 1. The van der Waals surface area contributed by atoms with E-state index in [-0.39, 0.29) is 0 Å². The van der Waals surface area contributed by atoms with Crippen LogP contribution in [0, 0.1) is 0 Å². The molecule has 0 aromatic heterocycles. The lowest BCUT2D eigenvalue weighted by molar-refractivity contribution is 0.249. The molecule has 0 aromatic carbocycles. The van der Waals surface area contributed by atoms with E-state index < -0.39 is 14.1 Å². The molecule has 4 heteroatoms. The van der Waals surface area contributed by atoms with Crippen molar-refractivity contribution in [1.29, 1.82) is 0 Å². The monoisotopic (exact) mass is 210 g/mol. The van der Waals surface area contributed by atoms with Crippen molar-refractivity contribution in [2.75, 3.05) is 6.54 Å². The Labute approximate surface area is 86.1 Å². The minimum absolute atomic E-state index is 0.425. The van der Waals surface area contributed by atoms with Crippen LogP contribution in [0.1, 0.15) is 13.3 Å². The van der Waals surface area contributed by atoms with Gasteiger partial charge in [-0.05, 0) is 19.4 Å². The Hall–Kier alpha value is -1.03. The van der Waals surface area contributed by atoms with Gasteiger partial charge in [0.2, 0.25) is 0 Å². The van der Waals surface area contributed by atoms with Gasteiger partial charge in [-0.3, -0.25) is 0 Å². The Balaban J connectivity index is 2.28. The van der Waals surface area contributed by atoms with E-state index in [9.17, 15) is 4.79 Å². The first-order valence-electron chi connectivity index (χ1n) is 4.94. The molecule has 1 unspecified atom stereocenters. The first kappa shape index (κ1) is 11.0. The van der Waals surface area contributed by atoms with Crippen LogP contribution in [0.25, 0.3) is 0 Å². The fourth-order valence-corrected chi connectivity index (χ4v) is 4.41. The zero-order chi connectivity index (χ0) is 10.6. The summed E-state index contributed by atoms with van der Waals surface area (Å²) >= 11 is 0. The van der Waals surface area contributed by atoms with Crippen molar-refractivity contribution in [2.24, 2.45) is 5.73 Å². The topological polar surface area (TPSA) is 55.1 Å². The Morgan fingerprint density at radius 2 is 2.36 bits per heavy atom. The third-order valence-electron chi connectivity index (χ3n) is 2.88. The van der Waals surface area contributed by atoms with Crippen LogP contribution in [0.4, 0.5) is 4.79 Å². The number of allylic oxidation sites excluding steroid dienone is 3. The van der Waals surface area contributed by atoms with Crippen LogP contribution < -0.4 is 11.1 Å². The summed E-state index contributed by atoms with van der Waals surface area (Å²) in [4.78, 5) is 10.4.